The van der Waals surface area contributed by atoms with E-state index in [9.17, 15) is 13.2 Å². The van der Waals surface area contributed by atoms with Crippen LogP contribution in [0.1, 0.15) is 19.8 Å². The van der Waals surface area contributed by atoms with Gasteiger partial charge in [-0.3, -0.25) is 0 Å². The van der Waals surface area contributed by atoms with Crippen molar-refractivity contribution in [2.24, 2.45) is 5.10 Å². The molecule has 0 aromatic heterocycles. The van der Waals surface area contributed by atoms with Crippen molar-refractivity contribution in [1.29, 1.82) is 0 Å². The summed E-state index contributed by atoms with van der Waals surface area (Å²) in [5.74, 6) is -1.33. The predicted octanol–water partition coefficient (Wildman–Crippen LogP) is -0.224. The Hall–Kier alpha value is -1.11. The molecule has 0 aliphatic rings. The molecule has 6 nitrogen and oxygen atoms in total. The Morgan fingerprint density at radius 3 is 2.69 bits per heavy atom. The van der Waals surface area contributed by atoms with Crippen LogP contribution in [0, 0.1) is 0 Å². The quantitative estimate of drug-likeness (QED) is 0.465. The zero-order valence-corrected chi connectivity index (χ0v) is 8.04. The normalized spacial score (nSPS) is 11.8. The van der Waals surface area contributed by atoms with Gasteiger partial charge >= 0.3 is 5.97 Å². The van der Waals surface area contributed by atoms with Gasteiger partial charge in [0, 0.05) is 0 Å². The summed E-state index contributed by atoms with van der Waals surface area (Å²) < 4.78 is 21.9. The molecule has 0 spiro atoms. The number of nitrogens with zero attached hydrogens (tertiary/aromatic N) is 1. The maximum Gasteiger partial charge on any atom is 0.348 e. The average Bonchev–Trinajstić information content (AvgIpc) is 2.00. The summed E-state index contributed by atoms with van der Waals surface area (Å²) >= 11 is 0. The van der Waals surface area contributed by atoms with Crippen LogP contribution in [0.25, 0.3) is 0 Å². The Morgan fingerprint density at radius 2 is 2.23 bits per heavy atom. The van der Waals surface area contributed by atoms with Gasteiger partial charge in [0.05, 0.1) is 5.75 Å². The van der Waals surface area contributed by atoms with Crippen molar-refractivity contribution in [1.82, 2.24) is 4.83 Å². The summed E-state index contributed by atoms with van der Waals surface area (Å²) in [4.78, 5) is 11.7. The second-order valence-corrected chi connectivity index (χ2v) is 4.18. The predicted molar refractivity (Wildman–Crippen MR) is 48.0 cm³/mol. The van der Waals surface area contributed by atoms with Gasteiger partial charge in [0.15, 0.2) is 0 Å². The summed E-state index contributed by atoms with van der Waals surface area (Å²) in [7, 11) is -3.45. The van der Waals surface area contributed by atoms with Crippen molar-refractivity contribution in [3.8, 4) is 0 Å². The second kappa shape index (κ2) is 5.52. The highest BCUT2D eigenvalue weighted by Gasteiger charge is 2.06. The van der Waals surface area contributed by atoms with E-state index in [1.165, 1.54) is 0 Å². The third-order valence-corrected chi connectivity index (χ3v) is 2.34. The highest BCUT2D eigenvalue weighted by molar-refractivity contribution is 7.89. The minimum Gasteiger partial charge on any atom is -0.477 e. The van der Waals surface area contributed by atoms with Gasteiger partial charge in [-0.1, -0.05) is 13.3 Å². The van der Waals surface area contributed by atoms with Crippen molar-refractivity contribution in [3.63, 3.8) is 0 Å². The van der Waals surface area contributed by atoms with E-state index in [1.807, 2.05) is 6.92 Å². The summed E-state index contributed by atoms with van der Waals surface area (Å²) in [6, 6.07) is 0. The molecule has 2 N–H and O–H groups in total. The summed E-state index contributed by atoms with van der Waals surface area (Å²) in [6.07, 6.45) is 1.77. The molecule has 0 radical (unpaired) electrons. The van der Waals surface area contributed by atoms with Crippen LogP contribution in [-0.4, -0.2) is 31.5 Å². The minimum atomic E-state index is -3.45. The number of aliphatic carboxylic acids is 1. The highest BCUT2D eigenvalue weighted by atomic mass is 32.2. The van der Waals surface area contributed by atoms with E-state index >= 15 is 0 Å². The van der Waals surface area contributed by atoms with Gasteiger partial charge in [0.25, 0.3) is 0 Å². The molecule has 0 unspecified atom stereocenters. The number of carbonyl (C=O) groups is 1. The van der Waals surface area contributed by atoms with Gasteiger partial charge in [-0.05, 0) is 6.42 Å². The zero-order chi connectivity index (χ0) is 10.3. The molecule has 0 rings (SSSR count). The van der Waals surface area contributed by atoms with Gasteiger partial charge in [-0.25, -0.2) is 18.0 Å². The molecule has 13 heavy (non-hydrogen) atoms. The summed E-state index contributed by atoms with van der Waals surface area (Å²) in [5, 5.41) is 11.1. The highest BCUT2D eigenvalue weighted by Crippen LogP contribution is 1.92. The molecule has 0 aromatic rings. The number of hydrogen-bond donors (Lipinski definition) is 2. The third-order valence-electron chi connectivity index (χ3n) is 1.13. The summed E-state index contributed by atoms with van der Waals surface area (Å²) in [5.41, 5.74) is 0. The minimum absolute atomic E-state index is 0.0412. The lowest BCUT2D eigenvalue weighted by Gasteiger charge is -1.99. The molecule has 7 heteroatoms. The first-order valence-electron chi connectivity index (χ1n) is 3.73. The molecule has 0 fully saturated rings. The Morgan fingerprint density at radius 1 is 1.62 bits per heavy atom. The van der Waals surface area contributed by atoms with Crippen molar-refractivity contribution in [3.05, 3.63) is 0 Å². The van der Waals surface area contributed by atoms with Crippen LogP contribution < -0.4 is 4.83 Å². The first-order valence-corrected chi connectivity index (χ1v) is 5.38. The Balaban J connectivity index is 3.97. The van der Waals surface area contributed by atoms with Gasteiger partial charge in [0.1, 0.15) is 6.21 Å². The smallest absolute Gasteiger partial charge is 0.348 e. The Bertz CT molecular complexity index is 283. The number of unbranched alkanes of at least 4 members (excludes halogenated alkanes) is 1. The number of hydrazone groups is 1. The molecule has 0 bridgehead atoms. The van der Waals surface area contributed by atoms with Crippen LogP contribution in [0.5, 0.6) is 0 Å². The SMILES string of the molecule is CCCCS(=O)(=O)N/N=C/C(=O)O. The second-order valence-electron chi connectivity index (χ2n) is 2.36. The summed E-state index contributed by atoms with van der Waals surface area (Å²) in [6.45, 7) is 1.86. The Labute approximate surface area is 76.7 Å². The molecule has 0 aromatic carbocycles. The van der Waals surface area contributed by atoms with Gasteiger partial charge in [0.2, 0.25) is 10.0 Å². The molecule has 0 aliphatic carbocycles. The van der Waals surface area contributed by atoms with E-state index in [0.29, 0.717) is 12.6 Å². The van der Waals surface area contributed by atoms with E-state index < -0.39 is 16.0 Å². The van der Waals surface area contributed by atoms with Crippen LogP contribution in [0.2, 0.25) is 0 Å². The van der Waals surface area contributed by atoms with Crippen LogP contribution >= 0.6 is 0 Å². The number of carboxylic acid groups (broad SMARTS) is 1. The lowest BCUT2D eigenvalue weighted by Crippen LogP contribution is -2.22. The van der Waals surface area contributed by atoms with E-state index in [4.69, 9.17) is 5.11 Å². The topological polar surface area (TPSA) is 95.8 Å². The maximum absolute atomic E-state index is 11.0. The van der Waals surface area contributed by atoms with Crippen molar-refractivity contribution >= 4 is 22.2 Å². The third kappa shape index (κ3) is 7.26. The molecule has 76 valence electrons. The van der Waals surface area contributed by atoms with E-state index in [2.05, 4.69) is 5.10 Å². The standard InChI is InChI=1S/C6H12N2O4S/c1-2-3-4-13(11,12)8-7-5-6(9)10/h5,8H,2-4H2,1H3,(H,9,10)/b7-5+. The monoisotopic (exact) mass is 208 g/mol. The lowest BCUT2D eigenvalue weighted by molar-refractivity contribution is -0.128. The number of rotatable bonds is 6. The molecular formula is C6H12N2O4S. The van der Waals surface area contributed by atoms with Gasteiger partial charge in [-0.15, -0.1) is 0 Å². The van der Waals surface area contributed by atoms with Gasteiger partial charge in [-0.2, -0.15) is 5.10 Å². The molecule has 0 aliphatic heterocycles. The largest absolute Gasteiger partial charge is 0.477 e. The van der Waals surface area contributed by atoms with Crippen molar-refractivity contribution in [2.45, 2.75) is 19.8 Å². The van der Waals surface area contributed by atoms with E-state index in [1.54, 1.807) is 4.83 Å². The fraction of sp³-hybridized carbons (Fsp3) is 0.667. The van der Waals surface area contributed by atoms with E-state index in [0.717, 1.165) is 6.42 Å². The van der Waals surface area contributed by atoms with Crippen LogP contribution in [0.3, 0.4) is 0 Å². The fourth-order valence-corrected chi connectivity index (χ4v) is 1.52. The van der Waals surface area contributed by atoms with Crippen molar-refractivity contribution < 1.29 is 18.3 Å². The maximum atomic E-state index is 11.0. The van der Waals surface area contributed by atoms with Crippen LogP contribution in [0.15, 0.2) is 5.10 Å². The van der Waals surface area contributed by atoms with Crippen molar-refractivity contribution in [2.75, 3.05) is 5.75 Å². The first-order chi connectivity index (χ1) is 5.98. The number of sulfonamides is 1. The molecule has 0 amide bonds. The lowest BCUT2D eigenvalue weighted by atomic mass is 10.4. The Kier molecular flexibility index (Phi) is 5.05. The number of carboxylic acids is 1. The zero-order valence-electron chi connectivity index (χ0n) is 7.23. The number of hydrogen-bond acceptors (Lipinski definition) is 4. The average molecular weight is 208 g/mol. The molecule has 0 heterocycles. The first kappa shape index (κ1) is 11.9. The molecular weight excluding hydrogens is 196 g/mol. The fourth-order valence-electron chi connectivity index (χ4n) is 0.542. The molecule has 0 saturated heterocycles. The number of nitrogens with one attached hydrogen (secondary N) is 1. The van der Waals surface area contributed by atoms with Crippen LogP contribution in [-0.2, 0) is 14.8 Å². The van der Waals surface area contributed by atoms with Crippen LogP contribution in [0.4, 0.5) is 0 Å². The molecule has 0 atom stereocenters. The van der Waals surface area contributed by atoms with E-state index in [-0.39, 0.29) is 5.75 Å². The van der Waals surface area contributed by atoms with Gasteiger partial charge < -0.3 is 5.11 Å². The molecule has 0 saturated carbocycles.